The van der Waals surface area contributed by atoms with E-state index in [0.29, 0.717) is 5.92 Å². The topological polar surface area (TPSA) is 49.3 Å². The van der Waals surface area contributed by atoms with Gasteiger partial charge in [0, 0.05) is 6.54 Å². The standard InChI is InChI=1S/C13H17NO2/c15-12(11-4-2-1-3-5-11)8-13(16)14-9-10-6-7-10/h1-5,10,12,15H,6-9H2,(H,14,16). The summed E-state index contributed by atoms with van der Waals surface area (Å²) in [5.74, 6) is 0.612. The lowest BCUT2D eigenvalue weighted by atomic mass is 10.1. The molecule has 0 heterocycles. The smallest absolute Gasteiger partial charge is 0.222 e. The molecule has 0 bridgehead atoms. The third-order valence-electron chi connectivity index (χ3n) is 2.85. The molecule has 86 valence electrons. The van der Waals surface area contributed by atoms with Gasteiger partial charge in [-0.15, -0.1) is 0 Å². The number of hydrogen-bond donors (Lipinski definition) is 2. The molecule has 3 heteroatoms. The SMILES string of the molecule is O=C(CC(O)c1ccccc1)NCC1CC1. The number of nitrogens with one attached hydrogen (secondary N) is 1. The van der Waals surface area contributed by atoms with Crippen LogP contribution in [0.25, 0.3) is 0 Å². The Morgan fingerprint density at radius 2 is 2.06 bits per heavy atom. The lowest BCUT2D eigenvalue weighted by molar-refractivity contribution is -0.123. The van der Waals surface area contributed by atoms with Gasteiger partial charge in [0.05, 0.1) is 12.5 Å². The summed E-state index contributed by atoms with van der Waals surface area (Å²) in [6, 6.07) is 9.28. The molecule has 0 radical (unpaired) electrons. The van der Waals surface area contributed by atoms with Crippen molar-refractivity contribution >= 4 is 5.91 Å². The van der Waals surface area contributed by atoms with E-state index in [9.17, 15) is 9.90 Å². The first kappa shape index (κ1) is 11.1. The van der Waals surface area contributed by atoms with Crippen molar-refractivity contribution in [2.24, 2.45) is 5.92 Å². The summed E-state index contributed by atoms with van der Waals surface area (Å²) in [5.41, 5.74) is 0.795. The molecule has 1 saturated carbocycles. The minimum Gasteiger partial charge on any atom is -0.388 e. The third-order valence-corrected chi connectivity index (χ3v) is 2.85. The second kappa shape index (κ2) is 5.12. The molecule has 0 aliphatic heterocycles. The average molecular weight is 219 g/mol. The fourth-order valence-corrected chi connectivity index (χ4v) is 1.62. The minimum atomic E-state index is -0.694. The predicted octanol–water partition coefficient (Wildman–Crippen LogP) is 1.64. The van der Waals surface area contributed by atoms with Crippen LogP contribution in [0.1, 0.15) is 30.9 Å². The van der Waals surface area contributed by atoms with E-state index >= 15 is 0 Å². The highest BCUT2D eigenvalue weighted by atomic mass is 16.3. The first-order valence-corrected chi connectivity index (χ1v) is 5.75. The summed E-state index contributed by atoms with van der Waals surface area (Å²) in [4.78, 5) is 11.5. The van der Waals surface area contributed by atoms with Crippen molar-refractivity contribution in [3.05, 3.63) is 35.9 Å². The van der Waals surface area contributed by atoms with Crippen molar-refractivity contribution in [3.8, 4) is 0 Å². The van der Waals surface area contributed by atoms with Gasteiger partial charge < -0.3 is 10.4 Å². The first-order valence-electron chi connectivity index (χ1n) is 5.75. The van der Waals surface area contributed by atoms with Crippen molar-refractivity contribution in [1.29, 1.82) is 0 Å². The summed E-state index contributed by atoms with van der Waals surface area (Å²) < 4.78 is 0. The van der Waals surface area contributed by atoms with Crippen LogP contribution in [0.5, 0.6) is 0 Å². The fourth-order valence-electron chi connectivity index (χ4n) is 1.62. The second-order valence-electron chi connectivity index (χ2n) is 4.38. The number of carbonyl (C=O) groups is 1. The number of amides is 1. The quantitative estimate of drug-likeness (QED) is 0.791. The van der Waals surface area contributed by atoms with Crippen molar-refractivity contribution in [3.63, 3.8) is 0 Å². The molecular weight excluding hydrogens is 202 g/mol. The number of aliphatic hydroxyl groups excluding tert-OH is 1. The Labute approximate surface area is 95.5 Å². The minimum absolute atomic E-state index is 0.0664. The summed E-state index contributed by atoms with van der Waals surface area (Å²) in [6.07, 6.45) is 1.90. The van der Waals surface area contributed by atoms with E-state index in [2.05, 4.69) is 5.32 Å². The van der Waals surface area contributed by atoms with E-state index in [1.54, 1.807) is 0 Å². The molecule has 1 aliphatic carbocycles. The molecule has 2 rings (SSSR count). The number of rotatable bonds is 5. The molecule has 1 aromatic carbocycles. The number of benzene rings is 1. The molecule has 0 saturated heterocycles. The van der Waals surface area contributed by atoms with Gasteiger partial charge in [0.15, 0.2) is 0 Å². The van der Waals surface area contributed by atoms with Gasteiger partial charge in [-0.3, -0.25) is 4.79 Å². The van der Waals surface area contributed by atoms with Crippen LogP contribution in [0, 0.1) is 5.92 Å². The maximum Gasteiger partial charge on any atom is 0.222 e. The van der Waals surface area contributed by atoms with Crippen molar-refractivity contribution in [2.75, 3.05) is 6.54 Å². The van der Waals surface area contributed by atoms with Gasteiger partial charge in [-0.2, -0.15) is 0 Å². The van der Waals surface area contributed by atoms with E-state index in [-0.39, 0.29) is 12.3 Å². The highest BCUT2D eigenvalue weighted by Crippen LogP contribution is 2.27. The maximum atomic E-state index is 11.5. The molecule has 0 spiro atoms. The highest BCUT2D eigenvalue weighted by Gasteiger charge is 2.22. The van der Waals surface area contributed by atoms with E-state index in [1.807, 2.05) is 30.3 Å². The van der Waals surface area contributed by atoms with Gasteiger partial charge in [0.1, 0.15) is 0 Å². The first-order chi connectivity index (χ1) is 7.75. The van der Waals surface area contributed by atoms with Crippen LogP contribution in [0.4, 0.5) is 0 Å². The zero-order valence-corrected chi connectivity index (χ0v) is 9.23. The van der Waals surface area contributed by atoms with Crippen LogP contribution in [0.15, 0.2) is 30.3 Å². The Bertz CT molecular complexity index is 346. The molecule has 1 aliphatic rings. The Morgan fingerprint density at radius 3 is 2.69 bits per heavy atom. The summed E-state index contributed by atoms with van der Waals surface area (Å²) >= 11 is 0. The average Bonchev–Trinajstić information content (AvgIpc) is 3.11. The molecule has 16 heavy (non-hydrogen) atoms. The van der Waals surface area contributed by atoms with Gasteiger partial charge in [0.2, 0.25) is 5.91 Å². The van der Waals surface area contributed by atoms with Crippen molar-refractivity contribution in [1.82, 2.24) is 5.32 Å². The molecule has 1 atom stereocenters. The molecule has 0 aromatic heterocycles. The Hall–Kier alpha value is -1.35. The number of carbonyl (C=O) groups excluding carboxylic acids is 1. The molecule has 2 N–H and O–H groups in total. The second-order valence-corrected chi connectivity index (χ2v) is 4.38. The van der Waals surface area contributed by atoms with Gasteiger partial charge in [-0.05, 0) is 24.3 Å². The van der Waals surface area contributed by atoms with Crippen LogP contribution in [-0.4, -0.2) is 17.6 Å². The van der Waals surface area contributed by atoms with Crippen LogP contribution in [-0.2, 0) is 4.79 Å². The summed E-state index contributed by atoms with van der Waals surface area (Å²) in [7, 11) is 0. The van der Waals surface area contributed by atoms with Gasteiger partial charge >= 0.3 is 0 Å². The van der Waals surface area contributed by atoms with Crippen LogP contribution in [0.3, 0.4) is 0 Å². The van der Waals surface area contributed by atoms with Crippen LogP contribution >= 0.6 is 0 Å². The molecular formula is C13H17NO2. The molecule has 1 aromatic rings. The largest absolute Gasteiger partial charge is 0.388 e. The zero-order chi connectivity index (χ0) is 11.4. The normalized spacial score (nSPS) is 16.8. The Kier molecular flexibility index (Phi) is 3.57. The van der Waals surface area contributed by atoms with E-state index in [0.717, 1.165) is 12.1 Å². The lowest BCUT2D eigenvalue weighted by Gasteiger charge is -2.10. The van der Waals surface area contributed by atoms with E-state index < -0.39 is 6.10 Å². The molecule has 1 unspecified atom stereocenters. The summed E-state index contributed by atoms with van der Waals surface area (Å²) in [5, 5.41) is 12.7. The van der Waals surface area contributed by atoms with Gasteiger partial charge in [0.25, 0.3) is 0 Å². The Balaban J connectivity index is 1.77. The number of hydrogen-bond acceptors (Lipinski definition) is 2. The van der Waals surface area contributed by atoms with E-state index in [1.165, 1.54) is 12.8 Å². The molecule has 1 amide bonds. The predicted molar refractivity (Wildman–Crippen MR) is 61.8 cm³/mol. The highest BCUT2D eigenvalue weighted by molar-refractivity contribution is 5.76. The van der Waals surface area contributed by atoms with Crippen molar-refractivity contribution < 1.29 is 9.90 Å². The summed E-state index contributed by atoms with van der Waals surface area (Å²) in [6.45, 7) is 0.764. The lowest BCUT2D eigenvalue weighted by Crippen LogP contribution is -2.26. The van der Waals surface area contributed by atoms with Crippen LogP contribution in [0.2, 0.25) is 0 Å². The molecule has 1 fully saturated rings. The maximum absolute atomic E-state index is 11.5. The monoisotopic (exact) mass is 219 g/mol. The van der Waals surface area contributed by atoms with Gasteiger partial charge in [-0.1, -0.05) is 30.3 Å². The van der Waals surface area contributed by atoms with E-state index in [4.69, 9.17) is 0 Å². The van der Waals surface area contributed by atoms with Crippen molar-refractivity contribution in [2.45, 2.75) is 25.4 Å². The Morgan fingerprint density at radius 1 is 1.38 bits per heavy atom. The molecule has 3 nitrogen and oxygen atoms in total. The third kappa shape index (κ3) is 3.35. The zero-order valence-electron chi connectivity index (χ0n) is 9.23. The van der Waals surface area contributed by atoms with Gasteiger partial charge in [-0.25, -0.2) is 0 Å². The fraction of sp³-hybridized carbons (Fsp3) is 0.462. The van der Waals surface area contributed by atoms with Crippen LogP contribution < -0.4 is 5.32 Å². The number of aliphatic hydroxyl groups is 1.